The van der Waals surface area contributed by atoms with E-state index in [4.69, 9.17) is 4.74 Å². The predicted octanol–water partition coefficient (Wildman–Crippen LogP) is 4.02. The van der Waals surface area contributed by atoms with Crippen molar-refractivity contribution in [3.63, 3.8) is 0 Å². The van der Waals surface area contributed by atoms with Crippen LogP contribution in [0.3, 0.4) is 0 Å². The third-order valence-electron chi connectivity index (χ3n) is 2.80. The Balaban J connectivity index is 2.20. The lowest BCUT2D eigenvalue weighted by atomic mass is 10.2. The second-order valence-corrected chi connectivity index (χ2v) is 4.34. The maximum absolute atomic E-state index is 12.9. The first kappa shape index (κ1) is 15.8. The summed E-state index contributed by atoms with van der Waals surface area (Å²) in [6.07, 6.45) is -2.47. The number of rotatable bonds is 4. The molecular weight excluding hydrogens is 297 g/mol. The van der Waals surface area contributed by atoms with Crippen molar-refractivity contribution in [2.24, 2.45) is 0 Å². The van der Waals surface area contributed by atoms with Crippen LogP contribution in [-0.2, 0) is 10.9 Å². The lowest BCUT2D eigenvalue weighted by Crippen LogP contribution is -2.09. The Labute approximate surface area is 124 Å². The molecule has 22 heavy (non-hydrogen) atoms. The summed E-state index contributed by atoms with van der Waals surface area (Å²) in [4.78, 5) is 15.0. The second-order valence-electron chi connectivity index (χ2n) is 4.34. The van der Waals surface area contributed by atoms with Crippen LogP contribution in [0, 0.1) is 0 Å². The number of carbonyl (C=O) groups excluding carboxylic acids is 1. The molecule has 0 bridgehead atoms. The van der Waals surface area contributed by atoms with Crippen LogP contribution in [0.15, 0.2) is 42.7 Å². The average Bonchev–Trinajstić information content (AvgIpc) is 2.48. The minimum absolute atomic E-state index is 0.105. The fourth-order valence-electron chi connectivity index (χ4n) is 1.79. The van der Waals surface area contributed by atoms with E-state index in [1.54, 1.807) is 6.92 Å². The molecule has 0 unspecified atom stereocenters. The van der Waals surface area contributed by atoms with Crippen molar-refractivity contribution in [2.75, 3.05) is 11.9 Å². The summed E-state index contributed by atoms with van der Waals surface area (Å²) in [5, 5.41) is 2.67. The topological polar surface area (TPSA) is 51.2 Å². The van der Waals surface area contributed by atoms with Gasteiger partial charge in [-0.1, -0.05) is 0 Å². The van der Waals surface area contributed by atoms with Crippen molar-refractivity contribution in [1.29, 1.82) is 0 Å². The highest BCUT2D eigenvalue weighted by molar-refractivity contribution is 5.89. The van der Waals surface area contributed by atoms with Crippen molar-refractivity contribution in [2.45, 2.75) is 13.1 Å². The van der Waals surface area contributed by atoms with Crippen LogP contribution >= 0.6 is 0 Å². The lowest BCUT2D eigenvalue weighted by Gasteiger charge is -2.14. The zero-order valence-corrected chi connectivity index (χ0v) is 11.6. The number of esters is 1. The Kier molecular flexibility index (Phi) is 4.65. The van der Waals surface area contributed by atoms with Gasteiger partial charge in [-0.3, -0.25) is 4.98 Å². The Morgan fingerprint density at radius 2 is 1.91 bits per heavy atom. The van der Waals surface area contributed by atoms with E-state index in [9.17, 15) is 18.0 Å². The summed E-state index contributed by atoms with van der Waals surface area (Å²) >= 11 is 0. The Morgan fingerprint density at radius 3 is 2.50 bits per heavy atom. The normalized spacial score (nSPS) is 11.1. The second kappa shape index (κ2) is 6.46. The van der Waals surface area contributed by atoms with Crippen LogP contribution in [-0.4, -0.2) is 17.6 Å². The number of hydrogen-bond acceptors (Lipinski definition) is 4. The van der Waals surface area contributed by atoms with Gasteiger partial charge in [0.25, 0.3) is 0 Å². The molecule has 0 fully saturated rings. The number of pyridine rings is 1. The predicted molar refractivity (Wildman–Crippen MR) is 74.9 cm³/mol. The molecule has 1 aromatic carbocycles. The van der Waals surface area contributed by atoms with E-state index in [0.717, 1.165) is 6.20 Å². The molecule has 0 saturated carbocycles. The number of aromatic nitrogens is 1. The van der Waals surface area contributed by atoms with Crippen molar-refractivity contribution in [3.8, 4) is 0 Å². The summed E-state index contributed by atoms with van der Waals surface area (Å²) in [5.74, 6) is -0.478. The van der Waals surface area contributed by atoms with Gasteiger partial charge < -0.3 is 10.1 Å². The number of alkyl halides is 3. The van der Waals surface area contributed by atoms with Crippen LogP contribution in [0.5, 0.6) is 0 Å². The molecule has 0 aliphatic rings. The summed E-state index contributed by atoms with van der Waals surface area (Å²) in [7, 11) is 0. The van der Waals surface area contributed by atoms with E-state index in [0.29, 0.717) is 11.3 Å². The number of anilines is 2. The number of nitrogens with zero attached hydrogens (tertiary/aromatic N) is 1. The first-order valence-corrected chi connectivity index (χ1v) is 6.47. The Morgan fingerprint density at radius 1 is 1.23 bits per heavy atom. The molecule has 116 valence electrons. The van der Waals surface area contributed by atoms with Crippen molar-refractivity contribution in [3.05, 3.63) is 53.9 Å². The fourth-order valence-corrected chi connectivity index (χ4v) is 1.79. The number of benzene rings is 1. The van der Waals surface area contributed by atoms with E-state index >= 15 is 0 Å². The van der Waals surface area contributed by atoms with E-state index in [2.05, 4.69) is 10.3 Å². The zero-order chi connectivity index (χ0) is 16.2. The van der Waals surface area contributed by atoms with Gasteiger partial charge in [-0.15, -0.1) is 0 Å². The van der Waals surface area contributed by atoms with E-state index < -0.39 is 17.7 Å². The molecule has 0 saturated heterocycles. The van der Waals surface area contributed by atoms with Gasteiger partial charge in [0.1, 0.15) is 0 Å². The van der Waals surface area contributed by atoms with Gasteiger partial charge in [0.15, 0.2) is 0 Å². The van der Waals surface area contributed by atoms with Gasteiger partial charge in [-0.05, 0) is 37.3 Å². The molecule has 0 atom stereocenters. The van der Waals surface area contributed by atoms with E-state index in [1.807, 2.05) is 0 Å². The summed E-state index contributed by atoms with van der Waals surface area (Å²) in [6.45, 7) is 1.95. The largest absolute Gasteiger partial charge is 0.462 e. The number of nitrogens with one attached hydrogen (secondary N) is 1. The highest BCUT2D eigenvalue weighted by Crippen LogP contribution is 2.35. The van der Waals surface area contributed by atoms with Crippen LogP contribution < -0.4 is 5.32 Å². The molecule has 4 nitrogen and oxygen atoms in total. The van der Waals surface area contributed by atoms with E-state index in [1.165, 1.54) is 36.5 Å². The minimum Gasteiger partial charge on any atom is -0.462 e. The molecule has 1 aromatic heterocycles. The molecule has 0 amide bonds. The molecular formula is C15H13F3N2O2. The van der Waals surface area contributed by atoms with Gasteiger partial charge >= 0.3 is 12.1 Å². The first-order valence-electron chi connectivity index (χ1n) is 6.47. The summed E-state index contributed by atoms with van der Waals surface area (Å²) < 4.78 is 43.4. The number of carbonyl (C=O) groups is 1. The molecule has 2 rings (SSSR count). The first-order chi connectivity index (χ1) is 10.4. The highest BCUT2D eigenvalue weighted by Gasteiger charge is 2.33. The maximum Gasteiger partial charge on any atom is 0.419 e. The standard InChI is InChI=1S/C15H13F3N2O2/c1-2-22-14(21)10-3-5-11(6-4-10)20-13-7-8-19-9-12(13)15(16,17)18/h3-9H,2H2,1H3,(H,19,20). The minimum atomic E-state index is -4.50. The van der Waals surface area contributed by atoms with Crippen LogP contribution in [0.1, 0.15) is 22.8 Å². The van der Waals surface area contributed by atoms with Gasteiger partial charge in [0.2, 0.25) is 0 Å². The zero-order valence-electron chi connectivity index (χ0n) is 11.6. The molecule has 7 heteroatoms. The SMILES string of the molecule is CCOC(=O)c1ccc(Nc2ccncc2C(F)(F)F)cc1. The quantitative estimate of drug-likeness (QED) is 0.867. The Bertz CT molecular complexity index is 655. The van der Waals surface area contributed by atoms with Gasteiger partial charge in [-0.25, -0.2) is 4.79 Å². The molecule has 2 aromatic rings. The molecule has 0 spiro atoms. The fraction of sp³-hybridized carbons (Fsp3) is 0.200. The third-order valence-corrected chi connectivity index (χ3v) is 2.80. The third kappa shape index (κ3) is 3.75. The molecule has 0 aliphatic heterocycles. The monoisotopic (exact) mass is 310 g/mol. The number of ether oxygens (including phenoxy) is 1. The molecule has 0 radical (unpaired) electrons. The van der Waals surface area contributed by atoms with Gasteiger partial charge in [-0.2, -0.15) is 13.2 Å². The summed E-state index contributed by atoms with van der Waals surface area (Å²) in [6, 6.07) is 7.21. The maximum atomic E-state index is 12.9. The van der Waals surface area contributed by atoms with Gasteiger partial charge in [0, 0.05) is 18.1 Å². The summed E-state index contributed by atoms with van der Waals surface area (Å²) in [5.41, 5.74) is -0.209. The number of hydrogen-bond donors (Lipinski definition) is 1. The Hall–Kier alpha value is -2.57. The van der Waals surface area contributed by atoms with Crippen LogP contribution in [0.25, 0.3) is 0 Å². The average molecular weight is 310 g/mol. The smallest absolute Gasteiger partial charge is 0.419 e. The molecule has 1 heterocycles. The lowest BCUT2D eigenvalue weighted by molar-refractivity contribution is -0.137. The van der Waals surface area contributed by atoms with E-state index in [-0.39, 0.29) is 12.3 Å². The van der Waals surface area contributed by atoms with Crippen LogP contribution in [0.2, 0.25) is 0 Å². The number of halogens is 3. The van der Waals surface area contributed by atoms with Crippen molar-refractivity contribution < 1.29 is 22.7 Å². The van der Waals surface area contributed by atoms with Crippen LogP contribution in [0.4, 0.5) is 24.5 Å². The molecule has 0 aliphatic carbocycles. The molecule has 1 N–H and O–H groups in total. The van der Waals surface area contributed by atoms with Crippen molar-refractivity contribution in [1.82, 2.24) is 4.98 Å². The van der Waals surface area contributed by atoms with Crippen molar-refractivity contribution >= 4 is 17.3 Å². The highest BCUT2D eigenvalue weighted by atomic mass is 19.4. The van der Waals surface area contributed by atoms with Gasteiger partial charge in [0.05, 0.1) is 23.4 Å².